The topological polar surface area (TPSA) is 64.3 Å². The minimum atomic E-state index is -0.0124. The average Bonchev–Trinajstić information content (AvgIpc) is 2.48. The summed E-state index contributed by atoms with van der Waals surface area (Å²) in [6.07, 6.45) is 1.10. The Balaban J connectivity index is 1.84. The number of nitrogens with two attached hydrogens (primary N) is 1. The fourth-order valence-electron chi connectivity index (χ4n) is 2.03. The van der Waals surface area contributed by atoms with Crippen molar-refractivity contribution in [3.8, 4) is 5.75 Å². The van der Waals surface area contributed by atoms with Crippen molar-refractivity contribution in [2.24, 2.45) is 0 Å². The molecule has 0 aliphatic rings. The second kappa shape index (κ2) is 7.33. The molecular weight excluding hydrogens is 264 g/mol. The van der Waals surface area contributed by atoms with Crippen molar-refractivity contribution in [1.82, 2.24) is 0 Å². The first-order chi connectivity index (χ1) is 10.2. The van der Waals surface area contributed by atoms with Crippen LogP contribution in [0.3, 0.4) is 0 Å². The van der Waals surface area contributed by atoms with Gasteiger partial charge in [-0.3, -0.25) is 4.79 Å². The Hall–Kier alpha value is -2.49. The van der Waals surface area contributed by atoms with Gasteiger partial charge in [0.05, 0.1) is 6.61 Å². The summed E-state index contributed by atoms with van der Waals surface area (Å²) in [4.78, 5) is 11.9. The largest absolute Gasteiger partial charge is 0.494 e. The summed E-state index contributed by atoms with van der Waals surface area (Å²) in [7, 11) is 0. The maximum absolute atomic E-state index is 11.9. The lowest BCUT2D eigenvalue weighted by Crippen LogP contribution is -2.12. The highest BCUT2D eigenvalue weighted by atomic mass is 16.5. The minimum absolute atomic E-state index is 0.0124. The molecule has 0 unspecified atom stereocenters. The Morgan fingerprint density at radius 2 is 1.95 bits per heavy atom. The van der Waals surface area contributed by atoms with Gasteiger partial charge >= 0.3 is 0 Å². The van der Waals surface area contributed by atoms with Gasteiger partial charge in [0.2, 0.25) is 5.91 Å². The number of rotatable bonds is 6. The van der Waals surface area contributed by atoms with E-state index >= 15 is 0 Å². The predicted molar refractivity (Wildman–Crippen MR) is 85.4 cm³/mol. The molecule has 0 spiro atoms. The molecule has 0 aliphatic carbocycles. The van der Waals surface area contributed by atoms with Crippen LogP contribution in [0.25, 0.3) is 0 Å². The summed E-state index contributed by atoms with van der Waals surface area (Å²) >= 11 is 0. The van der Waals surface area contributed by atoms with Crippen LogP contribution in [-0.2, 0) is 11.2 Å². The molecule has 0 radical (unpaired) electrons. The minimum Gasteiger partial charge on any atom is -0.494 e. The smallest absolute Gasteiger partial charge is 0.224 e. The molecule has 0 heterocycles. The van der Waals surface area contributed by atoms with Crippen molar-refractivity contribution >= 4 is 17.3 Å². The normalized spacial score (nSPS) is 10.1. The van der Waals surface area contributed by atoms with Crippen LogP contribution in [0.5, 0.6) is 5.75 Å². The number of carbonyl (C=O) groups excluding carboxylic acids is 1. The number of amides is 1. The third-order valence-corrected chi connectivity index (χ3v) is 3.04. The number of hydrogen-bond acceptors (Lipinski definition) is 3. The maximum atomic E-state index is 11.9. The summed E-state index contributed by atoms with van der Waals surface area (Å²) in [5, 5.41) is 2.87. The fourth-order valence-corrected chi connectivity index (χ4v) is 2.03. The van der Waals surface area contributed by atoms with Gasteiger partial charge in [-0.05, 0) is 55.3 Å². The molecule has 110 valence electrons. The van der Waals surface area contributed by atoms with Crippen LogP contribution in [0.2, 0.25) is 0 Å². The van der Waals surface area contributed by atoms with E-state index in [-0.39, 0.29) is 5.91 Å². The van der Waals surface area contributed by atoms with E-state index in [9.17, 15) is 4.79 Å². The van der Waals surface area contributed by atoms with Gasteiger partial charge in [-0.25, -0.2) is 0 Å². The van der Waals surface area contributed by atoms with E-state index in [0.717, 1.165) is 22.7 Å². The molecule has 0 saturated heterocycles. The number of ether oxygens (including phenoxy) is 1. The van der Waals surface area contributed by atoms with Crippen molar-refractivity contribution in [2.75, 3.05) is 17.7 Å². The molecule has 3 N–H and O–H groups in total. The molecule has 4 nitrogen and oxygen atoms in total. The molecule has 0 atom stereocenters. The number of aryl methyl sites for hydroxylation is 1. The van der Waals surface area contributed by atoms with E-state index in [0.29, 0.717) is 19.4 Å². The molecule has 2 aromatic rings. The Morgan fingerprint density at radius 1 is 1.19 bits per heavy atom. The summed E-state index contributed by atoms with van der Waals surface area (Å²) < 4.78 is 5.36. The van der Waals surface area contributed by atoms with E-state index in [2.05, 4.69) is 5.32 Å². The van der Waals surface area contributed by atoms with Crippen LogP contribution in [0.15, 0.2) is 48.5 Å². The first-order valence-electron chi connectivity index (χ1n) is 7.04. The lowest BCUT2D eigenvalue weighted by Gasteiger charge is -2.07. The number of nitrogen functional groups attached to an aromatic ring is 1. The molecular formula is C17H20N2O2. The van der Waals surface area contributed by atoms with Gasteiger partial charge in [-0.1, -0.05) is 12.1 Å². The second-order valence-electron chi connectivity index (χ2n) is 4.75. The number of anilines is 2. The molecule has 4 heteroatoms. The van der Waals surface area contributed by atoms with Crippen molar-refractivity contribution in [1.29, 1.82) is 0 Å². The lowest BCUT2D eigenvalue weighted by molar-refractivity contribution is -0.116. The van der Waals surface area contributed by atoms with Gasteiger partial charge in [0.15, 0.2) is 0 Å². The van der Waals surface area contributed by atoms with Crippen LogP contribution in [0, 0.1) is 0 Å². The highest BCUT2D eigenvalue weighted by Crippen LogP contribution is 2.16. The van der Waals surface area contributed by atoms with E-state index in [1.54, 1.807) is 0 Å². The van der Waals surface area contributed by atoms with Gasteiger partial charge < -0.3 is 15.8 Å². The van der Waals surface area contributed by atoms with Crippen molar-refractivity contribution < 1.29 is 9.53 Å². The zero-order chi connectivity index (χ0) is 15.1. The Kier molecular flexibility index (Phi) is 5.21. The molecule has 1 amide bonds. The number of benzene rings is 2. The molecule has 0 saturated carbocycles. The predicted octanol–water partition coefficient (Wildman–Crippen LogP) is 3.24. The SMILES string of the molecule is CCOc1ccc(NC(=O)CCc2cccc(N)c2)cc1. The summed E-state index contributed by atoms with van der Waals surface area (Å²) in [5.41, 5.74) is 8.28. The third kappa shape index (κ3) is 4.84. The lowest BCUT2D eigenvalue weighted by atomic mass is 10.1. The standard InChI is InChI=1S/C17H20N2O2/c1-2-21-16-9-7-15(8-10-16)19-17(20)11-6-13-4-3-5-14(18)12-13/h3-5,7-10,12H,2,6,11,18H2,1H3,(H,19,20). The Bertz CT molecular complexity index is 594. The zero-order valence-electron chi connectivity index (χ0n) is 12.1. The summed E-state index contributed by atoms with van der Waals surface area (Å²) in [5.74, 6) is 0.789. The monoisotopic (exact) mass is 284 g/mol. The first kappa shape index (κ1) is 14.9. The fraction of sp³-hybridized carbons (Fsp3) is 0.235. The molecule has 21 heavy (non-hydrogen) atoms. The maximum Gasteiger partial charge on any atom is 0.224 e. The van der Waals surface area contributed by atoms with Gasteiger partial charge in [0.1, 0.15) is 5.75 Å². The van der Waals surface area contributed by atoms with Crippen molar-refractivity contribution in [3.63, 3.8) is 0 Å². The molecule has 0 bridgehead atoms. The van der Waals surface area contributed by atoms with Gasteiger partial charge in [0, 0.05) is 17.8 Å². The van der Waals surface area contributed by atoms with E-state index in [1.807, 2.05) is 55.5 Å². The molecule has 2 rings (SSSR count). The van der Waals surface area contributed by atoms with E-state index in [4.69, 9.17) is 10.5 Å². The zero-order valence-corrected chi connectivity index (χ0v) is 12.1. The van der Waals surface area contributed by atoms with Crippen LogP contribution < -0.4 is 15.8 Å². The quantitative estimate of drug-likeness (QED) is 0.800. The van der Waals surface area contributed by atoms with Crippen LogP contribution in [0.4, 0.5) is 11.4 Å². The first-order valence-corrected chi connectivity index (χ1v) is 7.04. The van der Waals surface area contributed by atoms with Gasteiger partial charge in [-0.15, -0.1) is 0 Å². The molecule has 0 aliphatic heterocycles. The average molecular weight is 284 g/mol. The van der Waals surface area contributed by atoms with E-state index in [1.165, 1.54) is 0 Å². The molecule has 0 fully saturated rings. The van der Waals surface area contributed by atoms with E-state index < -0.39 is 0 Å². The van der Waals surface area contributed by atoms with Crippen molar-refractivity contribution in [2.45, 2.75) is 19.8 Å². The van der Waals surface area contributed by atoms with Crippen LogP contribution in [0.1, 0.15) is 18.9 Å². The highest BCUT2D eigenvalue weighted by molar-refractivity contribution is 5.90. The highest BCUT2D eigenvalue weighted by Gasteiger charge is 2.04. The summed E-state index contributed by atoms with van der Waals surface area (Å²) in [6.45, 7) is 2.57. The number of hydrogen-bond donors (Lipinski definition) is 2. The Labute approximate surface area is 124 Å². The third-order valence-electron chi connectivity index (χ3n) is 3.04. The molecule has 0 aromatic heterocycles. The molecule has 2 aromatic carbocycles. The number of carbonyl (C=O) groups is 1. The van der Waals surface area contributed by atoms with Crippen molar-refractivity contribution in [3.05, 3.63) is 54.1 Å². The van der Waals surface area contributed by atoms with Gasteiger partial charge in [0.25, 0.3) is 0 Å². The number of nitrogens with one attached hydrogen (secondary N) is 1. The van der Waals surface area contributed by atoms with Crippen LogP contribution >= 0.6 is 0 Å². The Morgan fingerprint density at radius 3 is 2.62 bits per heavy atom. The van der Waals surface area contributed by atoms with Crippen LogP contribution in [-0.4, -0.2) is 12.5 Å². The second-order valence-corrected chi connectivity index (χ2v) is 4.75. The van der Waals surface area contributed by atoms with Gasteiger partial charge in [-0.2, -0.15) is 0 Å². The summed E-state index contributed by atoms with van der Waals surface area (Å²) in [6, 6.07) is 15.0.